The van der Waals surface area contributed by atoms with Crippen molar-refractivity contribution in [3.05, 3.63) is 59.0 Å². The number of aryl methyl sites for hydroxylation is 2. The van der Waals surface area contributed by atoms with Crippen LogP contribution in [0.3, 0.4) is 0 Å². The molecule has 0 spiro atoms. The molecule has 9 heteroatoms. The monoisotopic (exact) mass is 402 g/mol. The van der Waals surface area contributed by atoms with Crippen LogP contribution in [0.4, 0.5) is 5.82 Å². The Hall–Kier alpha value is -3.62. The lowest BCUT2D eigenvalue weighted by Gasteiger charge is -2.26. The highest BCUT2D eigenvalue weighted by atomic mass is 16.1. The molecule has 1 unspecified atom stereocenters. The van der Waals surface area contributed by atoms with Crippen LogP contribution in [0.1, 0.15) is 18.7 Å². The highest BCUT2D eigenvalue weighted by molar-refractivity contribution is 5.87. The summed E-state index contributed by atoms with van der Waals surface area (Å²) in [5.74, 6) is 1.59. The molecule has 1 aliphatic rings. The summed E-state index contributed by atoms with van der Waals surface area (Å²) in [4.78, 5) is 28.1. The highest BCUT2D eigenvalue weighted by Gasteiger charge is 2.29. The van der Waals surface area contributed by atoms with E-state index in [-0.39, 0.29) is 11.6 Å². The van der Waals surface area contributed by atoms with Gasteiger partial charge in [0, 0.05) is 37.6 Å². The van der Waals surface area contributed by atoms with Gasteiger partial charge in [-0.1, -0.05) is 0 Å². The molecular weight excluding hydrogens is 380 g/mol. The number of aromatic nitrogens is 7. The summed E-state index contributed by atoms with van der Waals surface area (Å²) in [5, 5.41) is 9.90. The topological polar surface area (TPSA) is 94.6 Å². The molecule has 1 aliphatic heterocycles. The van der Waals surface area contributed by atoms with Gasteiger partial charge in [0.15, 0.2) is 5.65 Å². The summed E-state index contributed by atoms with van der Waals surface area (Å²) in [6.07, 6.45) is 7.27. The van der Waals surface area contributed by atoms with Crippen LogP contribution < -0.4 is 10.5 Å². The third-order valence-electron chi connectivity index (χ3n) is 5.56. The second-order valence-electron chi connectivity index (χ2n) is 7.56. The van der Waals surface area contributed by atoms with Gasteiger partial charge in [0.25, 0.3) is 5.56 Å². The Morgan fingerprint density at radius 3 is 2.80 bits per heavy atom. The van der Waals surface area contributed by atoms with Crippen molar-refractivity contribution >= 4 is 16.9 Å². The van der Waals surface area contributed by atoms with Crippen LogP contribution in [-0.4, -0.2) is 47.1 Å². The second kappa shape index (κ2) is 7.33. The Morgan fingerprint density at radius 2 is 1.97 bits per heavy atom. The average Bonchev–Trinajstić information content (AvgIpc) is 3.37. The molecule has 0 aliphatic carbocycles. The van der Waals surface area contributed by atoms with E-state index in [0.717, 1.165) is 47.5 Å². The second-order valence-corrected chi connectivity index (χ2v) is 7.56. The predicted octanol–water partition coefficient (Wildman–Crippen LogP) is 1.96. The molecule has 0 saturated carbocycles. The number of hydrogen-bond acceptors (Lipinski definition) is 7. The zero-order valence-electron chi connectivity index (χ0n) is 16.9. The molecule has 4 aromatic rings. The minimum Gasteiger partial charge on any atom is -0.351 e. The van der Waals surface area contributed by atoms with Crippen molar-refractivity contribution in [2.24, 2.45) is 7.05 Å². The lowest BCUT2D eigenvalue weighted by atomic mass is 10.2. The fraction of sp³-hybridized carbons (Fsp3) is 0.333. The third kappa shape index (κ3) is 3.22. The molecule has 5 rings (SSSR count). The predicted molar refractivity (Wildman–Crippen MR) is 113 cm³/mol. The van der Waals surface area contributed by atoms with Crippen molar-refractivity contribution in [1.29, 1.82) is 0 Å². The minimum absolute atomic E-state index is 0.106. The van der Waals surface area contributed by atoms with Crippen LogP contribution in [0.25, 0.3) is 22.3 Å². The molecule has 1 saturated heterocycles. The highest BCUT2D eigenvalue weighted by Crippen LogP contribution is 2.30. The van der Waals surface area contributed by atoms with Crippen LogP contribution >= 0.6 is 0 Å². The number of hydrogen-bond donors (Lipinski definition) is 0. The van der Waals surface area contributed by atoms with E-state index >= 15 is 0 Å². The molecule has 0 bridgehead atoms. The van der Waals surface area contributed by atoms with Gasteiger partial charge >= 0.3 is 0 Å². The van der Waals surface area contributed by atoms with Crippen molar-refractivity contribution in [2.75, 3.05) is 11.4 Å². The van der Waals surface area contributed by atoms with Gasteiger partial charge in [-0.3, -0.25) is 14.5 Å². The molecule has 4 aromatic heterocycles. The maximum atomic E-state index is 12.5. The fourth-order valence-electron chi connectivity index (χ4n) is 4.09. The van der Waals surface area contributed by atoms with Gasteiger partial charge in [-0.2, -0.15) is 10.2 Å². The Balaban J connectivity index is 1.50. The Bertz CT molecular complexity index is 1260. The maximum absolute atomic E-state index is 12.5. The van der Waals surface area contributed by atoms with Gasteiger partial charge in [-0.05, 0) is 38.0 Å². The summed E-state index contributed by atoms with van der Waals surface area (Å²) < 4.78 is 3.33. The SMILES string of the molecule is Cc1nc(N2CCCC2Cn2nc(-c3ccncc3)ccc2=O)c2cnn(C)c2n1. The quantitative estimate of drug-likeness (QED) is 0.515. The van der Waals surface area contributed by atoms with Gasteiger partial charge < -0.3 is 4.90 Å². The van der Waals surface area contributed by atoms with Crippen molar-refractivity contribution < 1.29 is 0 Å². The number of pyridine rings is 1. The first-order valence-electron chi connectivity index (χ1n) is 10.0. The largest absolute Gasteiger partial charge is 0.351 e. The first kappa shape index (κ1) is 18.4. The van der Waals surface area contributed by atoms with Crippen LogP contribution in [0, 0.1) is 6.92 Å². The van der Waals surface area contributed by atoms with Crippen LogP contribution in [0.5, 0.6) is 0 Å². The van der Waals surface area contributed by atoms with E-state index in [0.29, 0.717) is 12.4 Å². The van der Waals surface area contributed by atoms with Crippen LogP contribution in [-0.2, 0) is 13.6 Å². The Kier molecular flexibility index (Phi) is 4.50. The standard InChI is InChI=1S/C21H22N8O/c1-14-24-20-17(12-23-27(20)2)21(25-14)28-11-3-4-16(28)13-29-19(30)6-5-18(26-29)15-7-9-22-10-8-15/h5-10,12,16H,3-4,11,13H2,1-2H3. The number of anilines is 1. The molecule has 0 N–H and O–H groups in total. The van der Waals surface area contributed by atoms with Crippen molar-refractivity contribution in [2.45, 2.75) is 32.4 Å². The maximum Gasteiger partial charge on any atom is 0.266 e. The van der Waals surface area contributed by atoms with Crippen molar-refractivity contribution in [1.82, 2.24) is 34.5 Å². The van der Waals surface area contributed by atoms with Gasteiger partial charge in [0.05, 0.1) is 29.9 Å². The number of fused-ring (bicyclic) bond motifs is 1. The van der Waals surface area contributed by atoms with Gasteiger partial charge in [0.2, 0.25) is 0 Å². The Morgan fingerprint density at radius 1 is 1.13 bits per heavy atom. The van der Waals surface area contributed by atoms with Gasteiger partial charge in [-0.25, -0.2) is 14.6 Å². The minimum atomic E-state index is -0.106. The molecule has 152 valence electrons. The van der Waals surface area contributed by atoms with Crippen LogP contribution in [0.15, 0.2) is 47.7 Å². The number of rotatable bonds is 4. The molecule has 9 nitrogen and oxygen atoms in total. The summed E-state index contributed by atoms with van der Waals surface area (Å²) in [7, 11) is 1.88. The van der Waals surface area contributed by atoms with E-state index in [1.807, 2.05) is 32.3 Å². The summed E-state index contributed by atoms with van der Waals surface area (Å²) in [5.41, 5.74) is 2.41. The summed E-state index contributed by atoms with van der Waals surface area (Å²) >= 11 is 0. The molecule has 1 fully saturated rings. The molecule has 30 heavy (non-hydrogen) atoms. The lowest BCUT2D eigenvalue weighted by molar-refractivity contribution is 0.489. The van der Waals surface area contributed by atoms with E-state index in [4.69, 9.17) is 4.98 Å². The lowest BCUT2D eigenvalue weighted by Crippen LogP contribution is -2.37. The van der Waals surface area contributed by atoms with Gasteiger partial charge in [-0.15, -0.1) is 0 Å². The zero-order valence-corrected chi connectivity index (χ0v) is 16.9. The average molecular weight is 402 g/mol. The molecule has 0 amide bonds. The molecule has 0 radical (unpaired) electrons. The molecule has 1 atom stereocenters. The van der Waals surface area contributed by atoms with E-state index in [1.54, 1.807) is 33.9 Å². The number of nitrogens with zero attached hydrogens (tertiary/aromatic N) is 8. The van der Waals surface area contributed by atoms with Crippen molar-refractivity contribution in [3.8, 4) is 11.3 Å². The van der Waals surface area contributed by atoms with E-state index in [1.165, 1.54) is 0 Å². The third-order valence-corrected chi connectivity index (χ3v) is 5.56. The first-order valence-corrected chi connectivity index (χ1v) is 10.0. The summed E-state index contributed by atoms with van der Waals surface area (Å²) in [6, 6.07) is 7.24. The summed E-state index contributed by atoms with van der Waals surface area (Å²) in [6.45, 7) is 3.28. The smallest absolute Gasteiger partial charge is 0.266 e. The van der Waals surface area contributed by atoms with Crippen molar-refractivity contribution in [3.63, 3.8) is 0 Å². The normalized spacial score (nSPS) is 16.5. The van der Waals surface area contributed by atoms with Crippen LogP contribution in [0.2, 0.25) is 0 Å². The Labute approximate surface area is 173 Å². The van der Waals surface area contributed by atoms with E-state index in [9.17, 15) is 4.79 Å². The van der Waals surface area contributed by atoms with Gasteiger partial charge in [0.1, 0.15) is 11.6 Å². The molecule has 0 aromatic carbocycles. The molecule has 5 heterocycles. The molecular formula is C21H22N8O. The van der Waals surface area contributed by atoms with E-state index < -0.39 is 0 Å². The van der Waals surface area contributed by atoms with E-state index in [2.05, 4.69) is 25.1 Å². The zero-order chi connectivity index (χ0) is 20.7. The fourth-order valence-corrected chi connectivity index (χ4v) is 4.09. The first-order chi connectivity index (χ1) is 14.6.